The van der Waals surface area contributed by atoms with Crippen LogP contribution in [0, 0.1) is 0 Å². The molecule has 0 radical (unpaired) electrons. The van der Waals surface area contributed by atoms with Crippen molar-refractivity contribution >= 4 is 11.6 Å². The SMILES string of the molecule is CC(N)CCCNCCC(c1ccc(Cl)cc1)c1ccccn1. The van der Waals surface area contributed by atoms with Gasteiger partial charge in [-0.1, -0.05) is 29.8 Å². The molecule has 0 spiro atoms. The van der Waals surface area contributed by atoms with Gasteiger partial charge in [0, 0.05) is 28.9 Å². The van der Waals surface area contributed by atoms with Crippen LogP contribution in [0.5, 0.6) is 0 Å². The van der Waals surface area contributed by atoms with Gasteiger partial charge in [-0.25, -0.2) is 0 Å². The van der Waals surface area contributed by atoms with Gasteiger partial charge in [0.15, 0.2) is 0 Å². The van der Waals surface area contributed by atoms with Gasteiger partial charge >= 0.3 is 0 Å². The highest BCUT2D eigenvalue weighted by molar-refractivity contribution is 6.30. The smallest absolute Gasteiger partial charge is 0.0478 e. The van der Waals surface area contributed by atoms with Gasteiger partial charge in [-0.05, 0) is 69.1 Å². The molecule has 0 saturated carbocycles. The Morgan fingerprint density at radius 1 is 1.09 bits per heavy atom. The number of nitrogens with two attached hydrogens (primary N) is 1. The number of hydrogen-bond acceptors (Lipinski definition) is 3. The molecular weight excluding hydrogens is 306 g/mol. The number of nitrogens with zero attached hydrogens (tertiary/aromatic N) is 1. The zero-order valence-electron chi connectivity index (χ0n) is 13.7. The zero-order valence-corrected chi connectivity index (χ0v) is 14.5. The van der Waals surface area contributed by atoms with Gasteiger partial charge in [-0.3, -0.25) is 4.98 Å². The molecule has 1 heterocycles. The van der Waals surface area contributed by atoms with E-state index in [-0.39, 0.29) is 12.0 Å². The lowest BCUT2D eigenvalue weighted by atomic mass is 9.92. The van der Waals surface area contributed by atoms with Crippen LogP contribution in [0.4, 0.5) is 0 Å². The Morgan fingerprint density at radius 2 is 1.87 bits per heavy atom. The highest BCUT2D eigenvalue weighted by Crippen LogP contribution is 2.27. The highest BCUT2D eigenvalue weighted by atomic mass is 35.5. The van der Waals surface area contributed by atoms with E-state index in [4.69, 9.17) is 17.3 Å². The second kappa shape index (κ2) is 9.66. The van der Waals surface area contributed by atoms with Crippen molar-refractivity contribution in [3.8, 4) is 0 Å². The van der Waals surface area contributed by atoms with Crippen molar-refractivity contribution in [3.05, 3.63) is 64.9 Å². The summed E-state index contributed by atoms with van der Waals surface area (Å²) in [4.78, 5) is 4.54. The fourth-order valence-corrected chi connectivity index (χ4v) is 2.81. The van der Waals surface area contributed by atoms with Crippen molar-refractivity contribution in [1.82, 2.24) is 10.3 Å². The Morgan fingerprint density at radius 3 is 2.52 bits per heavy atom. The topological polar surface area (TPSA) is 50.9 Å². The van der Waals surface area contributed by atoms with Gasteiger partial charge in [-0.15, -0.1) is 0 Å². The second-order valence-electron chi connectivity index (χ2n) is 6.02. The maximum absolute atomic E-state index is 6.01. The van der Waals surface area contributed by atoms with Crippen LogP contribution in [0.15, 0.2) is 48.7 Å². The predicted octanol–water partition coefficient (Wildman–Crippen LogP) is 3.97. The Kier molecular flexibility index (Phi) is 7.53. The third kappa shape index (κ3) is 6.30. The Balaban J connectivity index is 1.94. The quantitative estimate of drug-likeness (QED) is 0.683. The van der Waals surface area contributed by atoms with Crippen LogP contribution in [-0.2, 0) is 0 Å². The monoisotopic (exact) mass is 331 g/mol. The summed E-state index contributed by atoms with van der Waals surface area (Å²) in [5.41, 5.74) is 8.13. The lowest BCUT2D eigenvalue weighted by molar-refractivity contribution is 0.552. The number of halogens is 1. The molecule has 0 aliphatic rings. The maximum Gasteiger partial charge on any atom is 0.0478 e. The summed E-state index contributed by atoms with van der Waals surface area (Å²) in [5, 5.41) is 4.28. The third-order valence-electron chi connectivity index (χ3n) is 3.94. The molecule has 0 bridgehead atoms. The zero-order chi connectivity index (χ0) is 16.5. The molecule has 2 rings (SSSR count). The fraction of sp³-hybridized carbons (Fsp3) is 0.421. The highest BCUT2D eigenvalue weighted by Gasteiger charge is 2.14. The molecule has 2 unspecified atom stereocenters. The Labute approximate surface area is 144 Å². The molecule has 124 valence electrons. The molecule has 2 aromatic rings. The fourth-order valence-electron chi connectivity index (χ4n) is 2.68. The predicted molar refractivity (Wildman–Crippen MR) is 97.9 cm³/mol. The van der Waals surface area contributed by atoms with Gasteiger partial charge in [-0.2, -0.15) is 0 Å². The van der Waals surface area contributed by atoms with Crippen LogP contribution in [0.2, 0.25) is 5.02 Å². The third-order valence-corrected chi connectivity index (χ3v) is 4.19. The van der Waals surface area contributed by atoms with Crippen LogP contribution in [-0.4, -0.2) is 24.1 Å². The average molecular weight is 332 g/mol. The number of hydrogen-bond donors (Lipinski definition) is 2. The number of benzene rings is 1. The van der Waals surface area contributed by atoms with E-state index in [9.17, 15) is 0 Å². The number of pyridine rings is 1. The first-order valence-electron chi connectivity index (χ1n) is 8.29. The van der Waals surface area contributed by atoms with Crippen molar-refractivity contribution in [2.75, 3.05) is 13.1 Å². The van der Waals surface area contributed by atoms with E-state index in [1.54, 1.807) is 0 Å². The van der Waals surface area contributed by atoms with Crippen molar-refractivity contribution < 1.29 is 0 Å². The first kappa shape index (κ1) is 17.9. The van der Waals surface area contributed by atoms with Crippen molar-refractivity contribution in [3.63, 3.8) is 0 Å². The Hall–Kier alpha value is -1.42. The average Bonchev–Trinajstić information content (AvgIpc) is 2.56. The number of rotatable bonds is 9. The van der Waals surface area contributed by atoms with Crippen LogP contribution in [0.3, 0.4) is 0 Å². The second-order valence-corrected chi connectivity index (χ2v) is 6.45. The van der Waals surface area contributed by atoms with E-state index in [1.165, 1.54) is 5.56 Å². The summed E-state index contributed by atoms with van der Waals surface area (Å²) in [6, 6.07) is 14.5. The van der Waals surface area contributed by atoms with Gasteiger partial charge in [0.25, 0.3) is 0 Å². The van der Waals surface area contributed by atoms with E-state index in [2.05, 4.69) is 35.4 Å². The summed E-state index contributed by atoms with van der Waals surface area (Å²) in [7, 11) is 0. The summed E-state index contributed by atoms with van der Waals surface area (Å²) in [6.07, 6.45) is 5.05. The molecule has 2 atom stereocenters. The van der Waals surface area contributed by atoms with E-state index >= 15 is 0 Å². The van der Waals surface area contributed by atoms with Gasteiger partial charge < -0.3 is 11.1 Å². The van der Waals surface area contributed by atoms with Crippen molar-refractivity contribution in [2.45, 2.75) is 38.1 Å². The molecule has 0 saturated heterocycles. The van der Waals surface area contributed by atoms with Gasteiger partial charge in [0.2, 0.25) is 0 Å². The molecule has 23 heavy (non-hydrogen) atoms. The molecular formula is C19H26ClN3. The van der Waals surface area contributed by atoms with Gasteiger partial charge in [0.05, 0.1) is 0 Å². The van der Waals surface area contributed by atoms with Crippen LogP contribution in [0.25, 0.3) is 0 Å². The van der Waals surface area contributed by atoms with Crippen molar-refractivity contribution in [1.29, 1.82) is 0 Å². The molecule has 3 nitrogen and oxygen atoms in total. The molecule has 0 amide bonds. The molecule has 1 aromatic carbocycles. The van der Waals surface area contributed by atoms with E-state index in [0.29, 0.717) is 0 Å². The van der Waals surface area contributed by atoms with Crippen LogP contribution in [0.1, 0.15) is 43.4 Å². The molecule has 4 heteroatoms. The lowest BCUT2D eigenvalue weighted by Crippen LogP contribution is -2.22. The summed E-state index contributed by atoms with van der Waals surface area (Å²) in [6.45, 7) is 4.03. The molecule has 1 aromatic heterocycles. The first-order chi connectivity index (χ1) is 11.2. The van der Waals surface area contributed by atoms with E-state index in [1.807, 2.05) is 30.5 Å². The summed E-state index contributed by atoms with van der Waals surface area (Å²) >= 11 is 6.01. The van der Waals surface area contributed by atoms with Crippen LogP contribution >= 0.6 is 11.6 Å². The molecule has 3 N–H and O–H groups in total. The standard InChI is InChI=1S/C19H26ClN3/c1-15(21)5-4-12-22-14-11-18(19-6-2-3-13-23-19)16-7-9-17(20)10-8-16/h2-3,6-10,13,15,18,22H,4-5,11-12,14,21H2,1H3. The molecule has 0 fully saturated rings. The minimum Gasteiger partial charge on any atom is -0.328 e. The van der Waals surface area contributed by atoms with Gasteiger partial charge in [0.1, 0.15) is 0 Å². The minimum absolute atomic E-state index is 0.284. The maximum atomic E-state index is 6.01. The first-order valence-corrected chi connectivity index (χ1v) is 8.67. The Bertz CT molecular complexity index is 555. The summed E-state index contributed by atoms with van der Waals surface area (Å²) in [5.74, 6) is 0.286. The van der Waals surface area contributed by atoms with Crippen molar-refractivity contribution in [2.24, 2.45) is 5.73 Å². The minimum atomic E-state index is 0.284. The molecule has 0 aliphatic carbocycles. The van der Waals surface area contributed by atoms with E-state index in [0.717, 1.165) is 43.1 Å². The van der Waals surface area contributed by atoms with Crippen LogP contribution < -0.4 is 11.1 Å². The number of aromatic nitrogens is 1. The molecule has 0 aliphatic heterocycles. The lowest BCUT2D eigenvalue weighted by Gasteiger charge is -2.17. The number of nitrogens with one attached hydrogen (secondary N) is 1. The largest absolute Gasteiger partial charge is 0.328 e. The van der Waals surface area contributed by atoms with E-state index < -0.39 is 0 Å². The summed E-state index contributed by atoms with van der Waals surface area (Å²) < 4.78 is 0. The normalized spacial score (nSPS) is 13.7.